The Morgan fingerprint density at radius 1 is 1.60 bits per heavy atom. The fraction of sp³-hybridized carbons (Fsp3) is 0.667. The molecule has 1 aromatic heterocycles. The summed E-state index contributed by atoms with van der Waals surface area (Å²) in [6.45, 7) is 4.13. The van der Waals surface area contributed by atoms with E-state index in [9.17, 15) is 10.1 Å². The van der Waals surface area contributed by atoms with E-state index in [1.54, 1.807) is 0 Å². The fourth-order valence-corrected chi connectivity index (χ4v) is 2.33. The summed E-state index contributed by atoms with van der Waals surface area (Å²) in [7, 11) is 4.04. The van der Waals surface area contributed by atoms with E-state index in [2.05, 4.69) is 20.2 Å². The molecule has 2 rings (SSSR count). The topological polar surface area (TPSA) is 87.4 Å². The Hall–Kier alpha value is -1.96. The van der Waals surface area contributed by atoms with E-state index < -0.39 is 4.92 Å². The minimum absolute atomic E-state index is 0.0361. The summed E-state index contributed by atoms with van der Waals surface area (Å²) in [6.07, 6.45) is 2.26. The molecule has 1 saturated heterocycles. The number of nitro groups is 1. The molecule has 20 heavy (non-hydrogen) atoms. The standard InChI is InChI=1S/C12H20N6O2/c1-4-13-12-14-7-10(18(19)20)11(15-12)17-6-5-9(8-17)16(2)3/h7,9H,4-6,8H2,1-3H3,(H,13,14,15). The number of likely N-dealkylation sites (N-methyl/N-ethyl adjacent to an activating group) is 1. The molecular weight excluding hydrogens is 260 g/mol. The van der Waals surface area contributed by atoms with Crippen molar-refractivity contribution in [1.82, 2.24) is 14.9 Å². The van der Waals surface area contributed by atoms with E-state index in [1.807, 2.05) is 25.9 Å². The van der Waals surface area contributed by atoms with Gasteiger partial charge in [-0.1, -0.05) is 0 Å². The van der Waals surface area contributed by atoms with Crippen molar-refractivity contribution in [3.63, 3.8) is 0 Å². The second kappa shape index (κ2) is 6.00. The number of anilines is 2. The van der Waals surface area contributed by atoms with Crippen molar-refractivity contribution in [2.45, 2.75) is 19.4 Å². The highest BCUT2D eigenvalue weighted by molar-refractivity contribution is 5.59. The molecule has 1 aliphatic rings. The normalized spacial score (nSPS) is 18.6. The summed E-state index contributed by atoms with van der Waals surface area (Å²) in [5, 5.41) is 14.1. The van der Waals surface area contributed by atoms with Crippen LogP contribution >= 0.6 is 0 Å². The van der Waals surface area contributed by atoms with E-state index in [-0.39, 0.29) is 5.69 Å². The Labute approximate surface area is 118 Å². The van der Waals surface area contributed by atoms with Gasteiger partial charge in [-0.25, -0.2) is 4.98 Å². The molecule has 1 fully saturated rings. The highest BCUT2D eigenvalue weighted by atomic mass is 16.6. The average molecular weight is 280 g/mol. The lowest BCUT2D eigenvalue weighted by Crippen LogP contribution is -2.32. The maximum atomic E-state index is 11.1. The SMILES string of the molecule is CCNc1ncc([N+](=O)[O-])c(N2CCC(N(C)C)C2)n1. The summed E-state index contributed by atoms with van der Waals surface area (Å²) in [5.41, 5.74) is -0.0361. The molecule has 1 aromatic rings. The maximum absolute atomic E-state index is 11.1. The van der Waals surface area contributed by atoms with E-state index in [4.69, 9.17) is 0 Å². The number of nitrogens with one attached hydrogen (secondary N) is 1. The van der Waals surface area contributed by atoms with E-state index >= 15 is 0 Å². The molecule has 1 unspecified atom stereocenters. The zero-order valence-electron chi connectivity index (χ0n) is 12.0. The van der Waals surface area contributed by atoms with E-state index in [1.165, 1.54) is 6.20 Å². The van der Waals surface area contributed by atoms with Crippen molar-refractivity contribution >= 4 is 17.5 Å². The van der Waals surface area contributed by atoms with Gasteiger partial charge < -0.3 is 15.1 Å². The van der Waals surface area contributed by atoms with Gasteiger partial charge in [-0.3, -0.25) is 10.1 Å². The molecule has 0 radical (unpaired) electrons. The Morgan fingerprint density at radius 3 is 2.90 bits per heavy atom. The lowest BCUT2D eigenvalue weighted by atomic mass is 10.2. The highest BCUT2D eigenvalue weighted by Gasteiger charge is 2.30. The number of aromatic nitrogens is 2. The van der Waals surface area contributed by atoms with Gasteiger partial charge in [-0.15, -0.1) is 0 Å². The molecule has 1 aliphatic heterocycles. The van der Waals surface area contributed by atoms with Crippen LogP contribution in [-0.2, 0) is 0 Å². The van der Waals surface area contributed by atoms with Crippen LogP contribution in [0.25, 0.3) is 0 Å². The van der Waals surface area contributed by atoms with E-state index in [0.717, 1.165) is 19.5 Å². The molecule has 8 nitrogen and oxygen atoms in total. The molecule has 0 aliphatic carbocycles. The second-order valence-electron chi connectivity index (χ2n) is 5.04. The van der Waals surface area contributed by atoms with Crippen molar-refractivity contribution in [1.29, 1.82) is 0 Å². The molecule has 110 valence electrons. The minimum atomic E-state index is -0.423. The van der Waals surface area contributed by atoms with Crippen LogP contribution in [0, 0.1) is 10.1 Å². The zero-order valence-corrected chi connectivity index (χ0v) is 12.0. The van der Waals surface area contributed by atoms with Gasteiger partial charge in [0.05, 0.1) is 4.92 Å². The van der Waals surface area contributed by atoms with Crippen LogP contribution in [0.4, 0.5) is 17.5 Å². The molecule has 0 aromatic carbocycles. The number of hydrogen-bond acceptors (Lipinski definition) is 7. The van der Waals surface area contributed by atoms with Crippen LogP contribution < -0.4 is 10.2 Å². The molecule has 1 atom stereocenters. The lowest BCUT2D eigenvalue weighted by molar-refractivity contribution is -0.384. The minimum Gasteiger partial charge on any atom is -0.354 e. The zero-order chi connectivity index (χ0) is 14.7. The summed E-state index contributed by atoms with van der Waals surface area (Å²) >= 11 is 0. The van der Waals surface area contributed by atoms with Gasteiger partial charge in [0.2, 0.25) is 11.8 Å². The maximum Gasteiger partial charge on any atom is 0.329 e. The Balaban J connectivity index is 2.28. The Morgan fingerprint density at radius 2 is 2.35 bits per heavy atom. The third-order valence-electron chi connectivity index (χ3n) is 3.47. The van der Waals surface area contributed by atoms with Crippen molar-refractivity contribution in [2.75, 3.05) is 43.9 Å². The summed E-state index contributed by atoms with van der Waals surface area (Å²) < 4.78 is 0. The van der Waals surface area contributed by atoms with Gasteiger partial charge in [0.15, 0.2) is 0 Å². The molecular formula is C12H20N6O2. The molecule has 8 heteroatoms. The van der Waals surface area contributed by atoms with E-state index in [0.29, 0.717) is 24.4 Å². The van der Waals surface area contributed by atoms with Crippen LogP contribution in [0.2, 0.25) is 0 Å². The number of nitrogens with zero attached hydrogens (tertiary/aromatic N) is 5. The van der Waals surface area contributed by atoms with Crippen LogP contribution in [0.1, 0.15) is 13.3 Å². The smallest absolute Gasteiger partial charge is 0.329 e. The van der Waals surface area contributed by atoms with Gasteiger partial charge in [-0.05, 0) is 27.4 Å². The van der Waals surface area contributed by atoms with Crippen molar-refractivity contribution < 1.29 is 4.92 Å². The predicted molar refractivity (Wildman–Crippen MR) is 77.2 cm³/mol. The van der Waals surface area contributed by atoms with Gasteiger partial charge in [0, 0.05) is 25.7 Å². The van der Waals surface area contributed by atoms with Gasteiger partial charge in [-0.2, -0.15) is 4.98 Å². The first-order valence-corrected chi connectivity index (χ1v) is 6.69. The molecule has 2 heterocycles. The first-order chi connectivity index (χ1) is 9.52. The number of hydrogen-bond donors (Lipinski definition) is 1. The Kier molecular flexibility index (Phi) is 4.33. The summed E-state index contributed by atoms with van der Waals surface area (Å²) in [4.78, 5) is 23.1. The predicted octanol–water partition coefficient (Wildman–Crippen LogP) is 0.957. The monoisotopic (exact) mass is 280 g/mol. The quantitative estimate of drug-likeness (QED) is 0.634. The third-order valence-corrected chi connectivity index (χ3v) is 3.47. The Bertz CT molecular complexity index is 493. The molecule has 1 N–H and O–H groups in total. The lowest BCUT2D eigenvalue weighted by Gasteiger charge is -2.21. The molecule has 0 amide bonds. The largest absolute Gasteiger partial charge is 0.354 e. The van der Waals surface area contributed by atoms with Crippen LogP contribution in [0.15, 0.2) is 6.20 Å². The van der Waals surface area contributed by atoms with Crippen LogP contribution in [0.5, 0.6) is 0 Å². The van der Waals surface area contributed by atoms with Crippen molar-refractivity contribution in [3.8, 4) is 0 Å². The summed E-state index contributed by atoms with van der Waals surface area (Å²) in [6, 6.07) is 0.396. The van der Waals surface area contributed by atoms with Gasteiger partial charge in [0.25, 0.3) is 0 Å². The first-order valence-electron chi connectivity index (χ1n) is 6.69. The van der Waals surface area contributed by atoms with Crippen molar-refractivity contribution in [3.05, 3.63) is 16.3 Å². The molecule has 0 spiro atoms. The van der Waals surface area contributed by atoms with Crippen molar-refractivity contribution in [2.24, 2.45) is 0 Å². The summed E-state index contributed by atoms with van der Waals surface area (Å²) in [5.74, 6) is 0.840. The van der Waals surface area contributed by atoms with Gasteiger partial charge in [0.1, 0.15) is 6.20 Å². The second-order valence-corrected chi connectivity index (χ2v) is 5.04. The third kappa shape index (κ3) is 2.96. The number of rotatable bonds is 5. The molecule has 0 bridgehead atoms. The van der Waals surface area contributed by atoms with Gasteiger partial charge >= 0.3 is 5.69 Å². The average Bonchev–Trinajstić information content (AvgIpc) is 2.88. The van der Waals surface area contributed by atoms with Crippen LogP contribution in [-0.4, -0.2) is 59.6 Å². The first kappa shape index (κ1) is 14.4. The van der Waals surface area contributed by atoms with Crippen LogP contribution in [0.3, 0.4) is 0 Å². The molecule has 0 saturated carbocycles. The fourth-order valence-electron chi connectivity index (χ4n) is 2.33. The highest BCUT2D eigenvalue weighted by Crippen LogP contribution is 2.29.